The predicted octanol–water partition coefficient (Wildman–Crippen LogP) is 3.61. The van der Waals surface area contributed by atoms with Crippen molar-refractivity contribution in [2.75, 3.05) is 13.6 Å². The van der Waals surface area contributed by atoms with E-state index in [0.717, 1.165) is 6.54 Å². The Morgan fingerprint density at radius 3 is 2.26 bits per heavy atom. The third kappa shape index (κ3) is 4.05. The van der Waals surface area contributed by atoms with Crippen LogP contribution in [-0.2, 0) is 0 Å². The van der Waals surface area contributed by atoms with Crippen LogP contribution in [0.2, 0.25) is 0 Å². The van der Waals surface area contributed by atoms with Crippen LogP contribution in [0.25, 0.3) is 0 Å². The van der Waals surface area contributed by atoms with E-state index < -0.39 is 0 Å². The van der Waals surface area contributed by atoms with E-state index in [1.807, 2.05) is 7.05 Å². The number of hydrogen-bond acceptors (Lipinski definition) is 2. The van der Waals surface area contributed by atoms with E-state index in [0.29, 0.717) is 17.8 Å². The molecule has 0 fully saturated rings. The van der Waals surface area contributed by atoms with Crippen LogP contribution in [0, 0.1) is 18.8 Å². The molecule has 0 aliphatic heterocycles. The molecule has 2 nitrogen and oxygen atoms in total. The van der Waals surface area contributed by atoms with Gasteiger partial charge >= 0.3 is 0 Å². The first-order chi connectivity index (χ1) is 8.88. The highest BCUT2D eigenvalue weighted by atomic mass is 14.8. The highest BCUT2D eigenvalue weighted by Crippen LogP contribution is 2.30. The van der Waals surface area contributed by atoms with E-state index in [-0.39, 0.29) is 6.04 Å². The molecule has 2 unspecified atom stereocenters. The Hall–Kier alpha value is -0.860. The molecule has 1 rings (SSSR count). The molecule has 2 atom stereocenters. The Kier molecular flexibility index (Phi) is 6.02. The maximum absolute atomic E-state index is 6.56. The molecule has 0 aliphatic rings. The minimum atomic E-state index is 0.103. The highest BCUT2D eigenvalue weighted by Gasteiger charge is 2.23. The summed E-state index contributed by atoms with van der Waals surface area (Å²) in [7, 11) is 2.00. The predicted molar refractivity (Wildman–Crippen MR) is 84.5 cm³/mol. The molecule has 0 amide bonds. The van der Waals surface area contributed by atoms with Gasteiger partial charge < -0.3 is 11.1 Å². The first kappa shape index (κ1) is 16.2. The molecule has 0 radical (unpaired) electrons. The third-order valence-corrected chi connectivity index (χ3v) is 4.09. The minimum absolute atomic E-state index is 0.103. The molecule has 0 spiro atoms. The van der Waals surface area contributed by atoms with E-state index in [1.165, 1.54) is 16.7 Å². The largest absolute Gasteiger partial charge is 0.324 e. The Balaban J connectivity index is 3.08. The molecule has 0 aliphatic carbocycles. The van der Waals surface area contributed by atoms with E-state index in [2.05, 4.69) is 58.1 Å². The lowest BCUT2D eigenvalue weighted by Gasteiger charge is -2.29. The summed E-state index contributed by atoms with van der Waals surface area (Å²) in [5.74, 6) is 1.59. The zero-order valence-corrected chi connectivity index (χ0v) is 13.3. The molecule has 108 valence electrons. The quantitative estimate of drug-likeness (QED) is 0.822. The number of aryl methyl sites for hydroxylation is 1. The molecule has 3 N–H and O–H groups in total. The maximum Gasteiger partial charge on any atom is 0.0340 e. The lowest BCUT2D eigenvalue weighted by Crippen LogP contribution is -2.33. The monoisotopic (exact) mass is 262 g/mol. The maximum atomic E-state index is 6.56. The van der Waals surface area contributed by atoms with Gasteiger partial charge in [-0.05, 0) is 55.0 Å². The first-order valence-corrected chi connectivity index (χ1v) is 7.39. The molecular weight excluding hydrogens is 232 g/mol. The summed E-state index contributed by atoms with van der Waals surface area (Å²) in [5.41, 5.74) is 10.5. The van der Waals surface area contributed by atoms with Gasteiger partial charge in [-0.1, -0.05) is 45.9 Å². The fourth-order valence-electron chi connectivity index (χ4n) is 2.62. The van der Waals surface area contributed by atoms with Gasteiger partial charge in [-0.3, -0.25) is 0 Å². The normalized spacial score (nSPS) is 15.0. The van der Waals surface area contributed by atoms with Crippen molar-refractivity contribution in [3.8, 4) is 0 Å². The molecular formula is C17H30N2. The summed E-state index contributed by atoms with van der Waals surface area (Å²) >= 11 is 0. The summed E-state index contributed by atoms with van der Waals surface area (Å²) in [6.45, 7) is 12.1. The van der Waals surface area contributed by atoms with Crippen LogP contribution in [0.4, 0.5) is 0 Å². The van der Waals surface area contributed by atoms with Gasteiger partial charge in [0.2, 0.25) is 0 Å². The van der Waals surface area contributed by atoms with Crippen molar-refractivity contribution in [3.05, 3.63) is 34.9 Å². The number of benzene rings is 1. The summed E-state index contributed by atoms with van der Waals surface area (Å²) < 4.78 is 0. The van der Waals surface area contributed by atoms with Gasteiger partial charge in [-0.25, -0.2) is 0 Å². The third-order valence-electron chi connectivity index (χ3n) is 4.09. The topological polar surface area (TPSA) is 38.0 Å². The van der Waals surface area contributed by atoms with Gasteiger partial charge in [0, 0.05) is 6.04 Å². The van der Waals surface area contributed by atoms with Crippen molar-refractivity contribution < 1.29 is 0 Å². The molecule has 0 saturated carbocycles. The lowest BCUT2D eigenvalue weighted by atomic mass is 9.82. The van der Waals surface area contributed by atoms with Crippen molar-refractivity contribution in [2.24, 2.45) is 17.6 Å². The number of nitrogens with two attached hydrogens (primary N) is 1. The zero-order chi connectivity index (χ0) is 14.6. The zero-order valence-electron chi connectivity index (χ0n) is 13.3. The second-order valence-corrected chi connectivity index (χ2v) is 6.26. The second-order valence-electron chi connectivity index (χ2n) is 6.26. The molecule has 0 bridgehead atoms. The van der Waals surface area contributed by atoms with Crippen LogP contribution in [0.5, 0.6) is 0 Å². The van der Waals surface area contributed by atoms with E-state index in [4.69, 9.17) is 5.73 Å². The minimum Gasteiger partial charge on any atom is -0.324 e. The van der Waals surface area contributed by atoms with Crippen molar-refractivity contribution in [1.29, 1.82) is 0 Å². The second kappa shape index (κ2) is 7.06. The van der Waals surface area contributed by atoms with E-state index in [9.17, 15) is 0 Å². The Labute approximate surface area is 118 Å². The summed E-state index contributed by atoms with van der Waals surface area (Å²) in [5, 5.41) is 3.28. The standard InChI is InChI=1S/C17H30N2/c1-11(2)14-8-7-13(5)15(9-14)17(18)16(10-19-6)12(3)4/h7-9,11-12,16-17,19H,10,18H2,1-6H3. The SMILES string of the molecule is CNCC(C(C)C)C(N)c1cc(C(C)C)ccc1C. The number of nitrogens with one attached hydrogen (secondary N) is 1. The molecule has 0 heterocycles. The summed E-state index contributed by atoms with van der Waals surface area (Å²) in [6.07, 6.45) is 0. The van der Waals surface area contributed by atoms with E-state index in [1.54, 1.807) is 0 Å². The molecule has 0 aromatic heterocycles. The number of hydrogen-bond donors (Lipinski definition) is 2. The fraction of sp³-hybridized carbons (Fsp3) is 0.647. The lowest BCUT2D eigenvalue weighted by molar-refractivity contribution is 0.313. The Bertz CT molecular complexity index is 396. The first-order valence-electron chi connectivity index (χ1n) is 7.39. The van der Waals surface area contributed by atoms with Crippen molar-refractivity contribution in [3.63, 3.8) is 0 Å². The van der Waals surface area contributed by atoms with Gasteiger partial charge in [0.05, 0.1) is 0 Å². The van der Waals surface area contributed by atoms with Crippen LogP contribution in [0.15, 0.2) is 18.2 Å². The van der Waals surface area contributed by atoms with Gasteiger partial charge in [0.15, 0.2) is 0 Å². The molecule has 0 saturated heterocycles. The molecule has 19 heavy (non-hydrogen) atoms. The van der Waals surface area contributed by atoms with Gasteiger partial charge in [0.1, 0.15) is 0 Å². The van der Waals surface area contributed by atoms with Gasteiger partial charge in [-0.15, -0.1) is 0 Å². The Morgan fingerprint density at radius 2 is 1.79 bits per heavy atom. The highest BCUT2D eigenvalue weighted by molar-refractivity contribution is 5.35. The van der Waals surface area contributed by atoms with Gasteiger partial charge in [-0.2, -0.15) is 0 Å². The van der Waals surface area contributed by atoms with Gasteiger partial charge in [0.25, 0.3) is 0 Å². The summed E-state index contributed by atoms with van der Waals surface area (Å²) in [4.78, 5) is 0. The van der Waals surface area contributed by atoms with Crippen LogP contribution in [-0.4, -0.2) is 13.6 Å². The van der Waals surface area contributed by atoms with Crippen LogP contribution < -0.4 is 11.1 Å². The van der Waals surface area contributed by atoms with Crippen molar-refractivity contribution in [2.45, 2.75) is 46.6 Å². The number of rotatable bonds is 6. The molecule has 1 aromatic rings. The van der Waals surface area contributed by atoms with Crippen LogP contribution in [0.3, 0.4) is 0 Å². The van der Waals surface area contributed by atoms with Crippen molar-refractivity contribution in [1.82, 2.24) is 5.32 Å². The van der Waals surface area contributed by atoms with E-state index >= 15 is 0 Å². The molecule has 1 aromatic carbocycles. The average molecular weight is 262 g/mol. The van der Waals surface area contributed by atoms with Crippen molar-refractivity contribution >= 4 is 0 Å². The Morgan fingerprint density at radius 1 is 1.16 bits per heavy atom. The van der Waals surface area contributed by atoms with Crippen LogP contribution in [0.1, 0.15) is 56.3 Å². The smallest absolute Gasteiger partial charge is 0.0340 e. The average Bonchev–Trinajstić information content (AvgIpc) is 2.35. The molecule has 2 heteroatoms. The summed E-state index contributed by atoms with van der Waals surface area (Å²) in [6, 6.07) is 6.83. The fourth-order valence-corrected chi connectivity index (χ4v) is 2.62. The van der Waals surface area contributed by atoms with Crippen LogP contribution >= 0.6 is 0 Å².